The highest BCUT2D eigenvalue weighted by Crippen LogP contribution is 2.36. The number of aromatic nitrogens is 1. The normalized spacial score (nSPS) is 19.4. The van der Waals surface area contributed by atoms with Crippen molar-refractivity contribution in [1.29, 1.82) is 0 Å². The fourth-order valence-electron chi connectivity index (χ4n) is 1.89. The van der Waals surface area contributed by atoms with E-state index in [1.807, 2.05) is 39.8 Å². The van der Waals surface area contributed by atoms with Crippen LogP contribution in [0.1, 0.15) is 27.7 Å². The van der Waals surface area contributed by atoms with Gasteiger partial charge in [0.25, 0.3) is 0 Å². The molecule has 2 rings (SSSR count). The lowest BCUT2D eigenvalue weighted by Gasteiger charge is -2.32. The van der Waals surface area contributed by atoms with E-state index in [2.05, 4.69) is 15.6 Å². The average molecular weight is 291 g/mol. The van der Waals surface area contributed by atoms with Gasteiger partial charge in [0.05, 0.1) is 17.7 Å². The van der Waals surface area contributed by atoms with Crippen molar-refractivity contribution in [3.63, 3.8) is 0 Å². The molecule has 1 saturated heterocycles. The van der Waals surface area contributed by atoms with E-state index < -0.39 is 7.12 Å². The van der Waals surface area contributed by atoms with Gasteiger partial charge in [-0.2, -0.15) is 0 Å². The number of carbonyl (C=O) groups is 1. The van der Waals surface area contributed by atoms with Gasteiger partial charge in [-0.1, -0.05) is 6.07 Å². The van der Waals surface area contributed by atoms with Crippen LogP contribution in [0.5, 0.6) is 0 Å². The second-order valence-corrected chi connectivity index (χ2v) is 6.09. The SMILES string of the molecule is CNC(=O)CNc1ccc(B2OC(C)(C)C(C)(C)O2)cn1. The minimum Gasteiger partial charge on any atom is -0.399 e. The van der Waals surface area contributed by atoms with Gasteiger partial charge in [-0.3, -0.25) is 4.79 Å². The van der Waals surface area contributed by atoms with Gasteiger partial charge in [-0.15, -0.1) is 0 Å². The monoisotopic (exact) mass is 291 g/mol. The number of hydrogen-bond acceptors (Lipinski definition) is 5. The molecule has 0 saturated carbocycles. The molecule has 1 fully saturated rings. The van der Waals surface area contributed by atoms with E-state index in [0.29, 0.717) is 5.82 Å². The van der Waals surface area contributed by atoms with Crippen molar-refractivity contribution in [1.82, 2.24) is 10.3 Å². The summed E-state index contributed by atoms with van der Waals surface area (Å²) in [6.07, 6.45) is 1.70. The molecule has 2 N–H and O–H groups in total. The molecule has 0 atom stereocenters. The minimum absolute atomic E-state index is 0.0909. The third kappa shape index (κ3) is 3.36. The first-order valence-corrected chi connectivity index (χ1v) is 7.01. The summed E-state index contributed by atoms with van der Waals surface area (Å²) in [6.45, 7) is 8.25. The highest BCUT2D eigenvalue weighted by molar-refractivity contribution is 6.62. The lowest BCUT2D eigenvalue weighted by atomic mass is 9.80. The van der Waals surface area contributed by atoms with Crippen molar-refractivity contribution >= 4 is 24.3 Å². The zero-order valence-corrected chi connectivity index (χ0v) is 13.2. The molecule has 21 heavy (non-hydrogen) atoms. The van der Waals surface area contributed by atoms with Crippen LogP contribution in [0, 0.1) is 0 Å². The van der Waals surface area contributed by atoms with Crippen molar-refractivity contribution < 1.29 is 14.1 Å². The summed E-state index contributed by atoms with van der Waals surface area (Å²) in [4.78, 5) is 15.4. The summed E-state index contributed by atoms with van der Waals surface area (Å²) in [5.41, 5.74) is 0.126. The van der Waals surface area contributed by atoms with E-state index >= 15 is 0 Å². The Morgan fingerprint density at radius 3 is 2.33 bits per heavy atom. The molecular formula is C14H22BN3O3. The first kappa shape index (κ1) is 15.8. The molecular weight excluding hydrogens is 269 g/mol. The number of hydrogen-bond donors (Lipinski definition) is 2. The lowest BCUT2D eigenvalue weighted by molar-refractivity contribution is -0.118. The summed E-state index contributed by atoms with van der Waals surface area (Å²) >= 11 is 0. The smallest absolute Gasteiger partial charge is 0.399 e. The van der Waals surface area contributed by atoms with Crippen LogP contribution >= 0.6 is 0 Å². The highest BCUT2D eigenvalue weighted by Gasteiger charge is 2.51. The van der Waals surface area contributed by atoms with E-state index in [-0.39, 0.29) is 23.7 Å². The Hall–Kier alpha value is -1.60. The molecule has 1 amide bonds. The third-order valence-electron chi connectivity index (χ3n) is 4.02. The minimum atomic E-state index is -0.421. The Labute approximate surface area is 125 Å². The van der Waals surface area contributed by atoms with Gasteiger partial charge < -0.3 is 19.9 Å². The lowest BCUT2D eigenvalue weighted by Crippen LogP contribution is -2.41. The van der Waals surface area contributed by atoms with E-state index in [1.54, 1.807) is 13.2 Å². The number of nitrogens with one attached hydrogen (secondary N) is 2. The van der Waals surface area contributed by atoms with Gasteiger partial charge in [0.15, 0.2) is 0 Å². The van der Waals surface area contributed by atoms with E-state index in [4.69, 9.17) is 9.31 Å². The Morgan fingerprint density at radius 2 is 1.86 bits per heavy atom. The molecule has 1 aromatic heterocycles. The van der Waals surface area contributed by atoms with Gasteiger partial charge in [-0.05, 0) is 33.8 Å². The van der Waals surface area contributed by atoms with Gasteiger partial charge in [0, 0.05) is 18.7 Å². The molecule has 0 bridgehead atoms. The molecule has 6 nitrogen and oxygen atoms in total. The number of nitrogens with zero attached hydrogens (tertiary/aromatic N) is 1. The number of anilines is 1. The number of carbonyl (C=O) groups excluding carboxylic acids is 1. The molecule has 0 radical (unpaired) electrons. The van der Waals surface area contributed by atoms with E-state index in [9.17, 15) is 4.79 Å². The molecule has 0 spiro atoms. The third-order valence-corrected chi connectivity index (χ3v) is 4.02. The molecule has 7 heteroatoms. The maximum absolute atomic E-state index is 11.2. The van der Waals surface area contributed by atoms with Crippen LogP contribution < -0.4 is 16.1 Å². The standard InChI is InChI=1S/C14H22BN3O3/c1-13(2)14(3,4)21-15(20-13)10-6-7-11(17-8-10)18-9-12(19)16-5/h6-8H,9H2,1-5H3,(H,16,19)(H,17,18). The predicted molar refractivity (Wildman–Crippen MR) is 82.5 cm³/mol. The van der Waals surface area contributed by atoms with Crippen LogP contribution in [0.4, 0.5) is 5.82 Å². The molecule has 1 aliphatic heterocycles. The first-order valence-electron chi connectivity index (χ1n) is 7.01. The molecule has 2 heterocycles. The summed E-state index contributed by atoms with van der Waals surface area (Å²) in [7, 11) is 1.18. The highest BCUT2D eigenvalue weighted by atomic mass is 16.7. The number of rotatable bonds is 4. The van der Waals surface area contributed by atoms with Gasteiger partial charge in [-0.25, -0.2) is 4.98 Å². The Kier molecular flexibility index (Phi) is 4.25. The van der Waals surface area contributed by atoms with Crippen LogP contribution in [-0.4, -0.2) is 42.8 Å². The average Bonchev–Trinajstić information content (AvgIpc) is 2.65. The first-order chi connectivity index (χ1) is 9.75. The Balaban J connectivity index is 2.02. The van der Waals surface area contributed by atoms with Crippen molar-refractivity contribution in [2.75, 3.05) is 18.9 Å². The van der Waals surface area contributed by atoms with Crippen molar-refractivity contribution in [3.05, 3.63) is 18.3 Å². The zero-order chi connectivity index (χ0) is 15.7. The van der Waals surface area contributed by atoms with Crippen molar-refractivity contribution in [3.8, 4) is 0 Å². The molecule has 1 aliphatic rings. The summed E-state index contributed by atoms with van der Waals surface area (Å²) in [5, 5.41) is 5.48. The van der Waals surface area contributed by atoms with Crippen molar-refractivity contribution in [2.24, 2.45) is 0 Å². The topological polar surface area (TPSA) is 72.5 Å². The summed E-state index contributed by atoms with van der Waals surface area (Å²) in [5.74, 6) is 0.547. The van der Waals surface area contributed by atoms with Gasteiger partial charge in [0.1, 0.15) is 5.82 Å². The van der Waals surface area contributed by atoms with Crippen LogP contribution in [0.25, 0.3) is 0 Å². The largest absolute Gasteiger partial charge is 0.496 e. The fourth-order valence-corrected chi connectivity index (χ4v) is 1.89. The number of pyridine rings is 1. The zero-order valence-electron chi connectivity index (χ0n) is 13.2. The van der Waals surface area contributed by atoms with Crippen LogP contribution in [0.2, 0.25) is 0 Å². The second kappa shape index (κ2) is 5.65. The summed E-state index contributed by atoms with van der Waals surface area (Å²) < 4.78 is 11.9. The van der Waals surface area contributed by atoms with Crippen LogP contribution in [0.3, 0.4) is 0 Å². The van der Waals surface area contributed by atoms with Gasteiger partial charge in [0.2, 0.25) is 5.91 Å². The van der Waals surface area contributed by atoms with E-state index in [0.717, 1.165) is 5.46 Å². The molecule has 1 aromatic rings. The van der Waals surface area contributed by atoms with Crippen molar-refractivity contribution in [2.45, 2.75) is 38.9 Å². The second-order valence-electron chi connectivity index (χ2n) is 6.09. The maximum Gasteiger partial charge on any atom is 0.496 e. The van der Waals surface area contributed by atoms with E-state index in [1.165, 1.54) is 0 Å². The Morgan fingerprint density at radius 1 is 1.24 bits per heavy atom. The Bertz CT molecular complexity index is 501. The molecule has 0 aromatic carbocycles. The maximum atomic E-state index is 11.2. The summed E-state index contributed by atoms with van der Waals surface area (Å²) in [6, 6.07) is 3.70. The van der Waals surface area contributed by atoms with Gasteiger partial charge >= 0.3 is 7.12 Å². The number of likely N-dealkylation sites (N-methyl/N-ethyl adjacent to an activating group) is 1. The molecule has 0 aliphatic carbocycles. The predicted octanol–water partition coefficient (Wildman–Crippen LogP) is 0.539. The van der Waals surface area contributed by atoms with Crippen LogP contribution in [-0.2, 0) is 14.1 Å². The number of amides is 1. The molecule has 114 valence electrons. The quantitative estimate of drug-likeness (QED) is 0.792. The fraction of sp³-hybridized carbons (Fsp3) is 0.571. The van der Waals surface area contributed by atoms with Crippen LogP contribution in [0.15, 0.2) is 18.3 Å². The molecule has 0 unspecified atom stereocenters.